The van der Waals surface area contributed by atoms with Gasteiger partial charge in [-0.05, 0) is 0 Å². The summed E-state index contributed by atoms with van der Waals surface area (Å²) >= 11 is 0. The maximum Gasteiger partial charge on any atom is 0.404 e. The van der Waals surface area contributed by atoms with Crippen molar-refractivity contribution in [1.29, 1.82) is 0 Å². The topological polar surface area (TPSA) is 31.4 Å². The minimum atomic E-state index is -2.07. The third-order valence-corrected chi connectivity index (χ3v) is 2.18. The standard InChI is InChI=1S/C11H14FNO2/c1-10(2,3)9-5-7-8(6-13-9)15-11(4,12)14-7/h5-6H,1-4H3. The van der Waals surface area contributed by atoms with Gasteiger partial charge in [-0.25, -0.2) is 0 Å². The Hall–Kier alpha value is -1.32. The third kappa shape index (κ3) is 1.89. The Labute approximate surface area is 88.2 Å². The Kier molecular flexibility index (Phi) is 1.93. The molecule has 1 unspecified atom stereocenters. The summed E-state index contributed by atoms with van der Waals surface area (Å²) in [5.74, 6) is 0.771. The molecule has 4 heteroatoms. The molecule has 3 nitrogen and oxygen atoms in total. The lowest BCUT2D eigenvalue weighted by Crippen LogP contribution is -2.27. The van der Waals surface area contributed by atoms with E-state index in [9.17, 15) is 4.39 Å². The van der Waals surface area contributed by atoms with E-state index in [0.717, 1.165) is 5.69 Å². The maximum atomic E-state index is 13.4. The Morgan fingerprint density at radius 1 is 1.27 bits per heavy atom. The number of nitrogens with zero attached hydrogens (tertiary/aromatic N) is 1. The summed E-state index contributed by atoms with van der Waals surface area (Å²) < 4.78 is 23.3. The van der Waals surface area contributed by atoms with E-state index in [0.29, 0.717) is 11.5 Å². The molecule has 1 aromatic rings. The summed E-state index contributed by atoms with van der Waals surface area (Å²) in [6.45, 7) is 7.33. The summed E-state index contributed by atoms with van der Waals surface area (Å²) in [6.07, 6.45) is 1.50. The van der Waals surface area contributed by atoms with Crippen LogP contribution in [-0.2, 0) is 5.41 Å². The number of hydrogen-bond acceptors (Lipinski definition) is 3. The van der Waals surface area contributed by atoms with Crippen molar-refractivity contribution >= 4 is 0 Å². The smallest absolute Gasteiger partial charge is 0.404 e. The number of ether oxygens (including phenoxy) is 2. The van der Waals surface area contributed by atoms with Crippen LogP contribution in [0.5, 0.6) is 11.5 Å². The zero-order chi connectivity index (χ0) is 11.3. The molecular formula is C11H14FNO2. The molecule has 82 valence electrons. The zero-order valence-electron chi connectivity index (χ0n) is 9.30. The van der Waals surface area contributed by atoms with Gasteiger partial charge < -0.3 is 9.47 Å². The van der Waals surface area contributed by atoms with Gasteiger partial charge in [0.2, 0.25) is 0 Å². The molecule has 0 aromatic carbocycles. The predicted octanol–water partition coefficient (Wildman–Crippen LogP) is 2.79. The molecule has 15 heavy (non-hydrogen) atoms. The predicted molar refractivity (Wildman–Crippen MR) is 53.7 cm³/mol. The molecule has 0 aliphatic carbocycles. The summed E-state index contributed by atoms with van der Waals surface area (Å²) in [4.78, 5) is 4.22. The van der Waals surface area contributed by atoms with E-state index in [-0.39, 0.29) is 5.41 Å². The van der Waals surface area contributed by atoms with Gasteiger partial charge >= 0.3 is 6.04 Å². The summed E-state index contributed by atoms with van der Waals surface area (Å²) in [5, 5.41) is 0. The van der Waals surface area contributed by atoms with Crippen LogP contribution in [0.3, 0.4) is 0 Å². The number of rotatable bonds is 0. The number of aromatic nitrogens is 1. The van der Waals surface area contributed by atoms with Gasteiger partial charge in [0.25, 0.3) is 0 Å². The molecule has 0 spiro atoms. The average molecular weight is 211 g/mol. The van der Waals surface area contributed by atoms with Crippen molar-refractivity contribution in [2.45, 2.75) is 39.2 Å². The molecule has 0 amide bonds. The second-order valence-electron chi connectivity index (χ2n) is 4.81. The van der Waals surface area contributed by atoms with Crippen molar-refractivity contribution in [3.63, 3.8) is 0 Å². The quantitative estimate of drug-likeness (QED) is 0.661. The minimum Gasteiger partial charge on any atom is -0.423 e. The van der Waals surface area contributed by atoms with Crippen LogP contribution in [0.2, 0.25) is 0 Å². The van der Waals surface area contributed by atoms with Gasteiger partial charge in [0.15, 0.2) is 11.5 Å². The van der Waals surface area contributed by atoms with Crippen molar-refractivity contribution < 1.29 is 13.9 Å². The van der Waals surface area contributed by atoms with Crippen molar-refractivity contribution in [2.24, 2.45) is 0 Å². The van der Waals surface area contributed by atoms with Gasteiger partial charge in [-0.1, -0.05) is 20.8 Å². The molecule has 0 saturated carbocycles. The molecule has 1 atom stereocenters. The number of fused-ring (bicyclic) bond motifs is 1. The van der Waals surface area contributed by atoms with Gasteiger partial charge in [0.1, 0.15) is 0 Å². The second kappa shape index (κ2) is 2.84. The van der Waals surface area contributed by atoms with Crippen molar-refractivity contribution in [3.05, 3.63) is 18.0 Å². The van der Waals surface area contributed by atoms with E-state index in [1.165, 1.54) is 13.1 Å². The number of alkyl halides is 1. The van der Waals surface area contributed by atoms with Gasteiger partial charge in [0.05, 0.1) is 6.20 Å². The Morgan fingerprint density at radius 3 is 2.47 bits per heavy atom. The van der Waals surface area contributed by atoms with Crippen LogP contribution < -0.4 is 9.47 Å². The molecule has 1 aromatic heterocycles. The second-order valence-corrected chi connectivity index (χ2v) is 4.81. The number of pyridine rings is 1. The minimum absolute atomic E-state index is 0.0896. The first kappa shape index (κ1) is 10.2. The SMILES string of the molecule is CC1(F)Oc2cnc(C(C)(C)C)cc2O1. The van der Waals surface area contributed by atoms with Gasteiger partial charge in [-0.2, -0.15) is 4.39 Å². The lowest BCUT2D eigenvalue weighted by atomic mass is 9.91. The van der Waals surface area contributed by atoms with E-state index < -0.39 is 6.04 Å². The van der Waals surface area contributed by atoms with E-state index in [1.807, 2.05) is 20.8 Å². The highest BCUT2D eigenvalue weighted by molar-refractivity contribution is 5.43. The van der Waals surface area contributed by atoms with Crippen LogP contribution >= 0.6 is 0 Å². The third-order valence-electron chi connectivity index (χ3n) is 2.18. The largest absolute Gasteiger partial charge is 0.423 e. The van der Waals surface area contributed by atoms with Gasteiger partial charge in [0, 0.05) is 24.1 Å². The highest BCUT2D eigenvalue weighted by Crippen LogP contribution is 2.40. The summed E-state index contributed by atoms with van der Waals surface area (Å²) in [6, 6.07) is -0.347. The van der Waals surface area contributed by atoms with Crippen LogP contribution in [0.25, 0.3) is 0 Å². The Bertz CT molecular complexity index is 396. The molecule has 0 bridgehead atoms. The van der Waals surface area contributed by atoms with E-state index in [2.05, 4.69) is 4.98 Å². The first-order valence-corrected chi connectivity index (χ1v) is 4.85. The Morgan fingerprint density at radius 2 is 1.87 bits per heavy atom. The fourth-order valence-corrected chi connectivity index (χ4v) is 1.40. The molecule has 0 radical (unpaired) electrons. The van der Waals surface area contributed by atoms with Crippen molar-refractivity contribution in [1.82, 2.24) is 4.98 Å². The van der Waals surface area contributed by atoms with Crippen LogP contribution in [0.4, 0.5) is 4.39 Å². The van der Waals surface area contributed by atoms with Crippen LogP contribution in [0.1, 0.15) is 33.4 Å². The fraction of sp³-hybridized carbons (Fsp3) is 0.545. The number of halogens is 1. The first-order chi connectivity index (χ1) is 6.78. The van der Waals surface area contributed by atoms with Crippen LogP contribution in [0, 0.1) is 0 Å². The highest BCUT2D eigenvalue weighted by Gasteiger charge is 2.37. The lowest BCUT2D eigenvalue weighted by molar-refractivity contribution is -0.173. The Balaban J connectivity index is 2.39. The van der Waals surface area contributed by atoms with E-state index in [4.69, 9.17) is 9.47 Å². The molecule has 2 heterocycles. The average Bonchev–Trinajstić information content (AvgIpc) is 2.34. The van der Waals surface area contributed by atoms with Gasteiger partial charge in [-0.15, -0.1) is 0 Å². The highest BCUT2D eigenvalue weighted by atomic mass is 19.2. The molecule has 2 rings (SSSR count). The van der Waals surface area contributed by atoms with Gasteiger partial charge in [-0.3, -0.25) is 4.98 Å². The zero-order valence-corrected chi connectivity index (χ0v) is 9.30. The first-order valence-electron chi connectivity index (χ1n) is 4.85. The van der Waals surface area contributed by atoms with Crippen molar-refractivity contribution in [3.8, 4) is 11.5 Å². The van der Waals surface area contributed by atoms with Crippen molar-refractivity contribution in [2.75, 3.05) is 0 Å². The van der Waals surface area contributed by atoms with E-state index >= 15 is 0 Å². The molecular weight excluding hydrogens is 197 g/mol. The molecule has 1 aliphatic rings. The number of hydrogen-bond donors (Lipinski definition) is 0. The monoisotopic (exact) mass is 211 g/mol. The van der Waals surface area contributed by atoms with Crippen LogP contribution in [0.15, 0.2) is 12.3 Å². The molecule has 0 saturated heterocycles. The fourth-order valence-electron chi connectivity index (χ4n) is 1.40. The van der Waals surface area contributed by atoms with Crippen LogP contribution in [-0.4, -0.2) is 11.0 Å². The van der Waals surface area contributed by atoms with E-state index in [1.54, 1.807) is 6.07 Å². The normalized spacial score (nSPS) is 24.3. The maximum absolute atomic E-state index is 13.4. The molecule has 0 N–H and O–H groups in total. The molecule has 0 fully saturated rings. The summed E-state index contributed by atoms with van der Waals surface area (Å²) in [5.41, 5.74) is 0.760. The lowest BCUT2D eigenvalue weighted by Gasteiger charge is -2.17. The molecule has 1 aliphatic heterocycles. The summed E-state index contributed by atoms with van der Waals surface area (Å²) in [7, 11) is 0.